The van der Waals surface area contributed by atoms with Crippen molar-refractivity contribution in [2.24, 2.45) is 5.41 Å². The van der Waals surface area contributed by atoms with Crippen LogP contribution in [0, 0.1) is 17.3 Å². The number of rotatable bonds is 2. The van der Waals surface area contributed by atoms with Gasteiger partial charge in [0, 0.05) is 12.8 Å². The van der Waals surface area contributed by atoms with Gasteiger partial charge in [-0.3, -0.25) is 9.59 Å². The second kappa shape index (κ2) is 3.61. The minimum atomic E-state index is -1.19. The van der Waals surface area contributed by atoms with Crippen molar-refractivity contribution in [1.82, 2.24) is 0 Å². The van der Waals surface area contributed by atoms with Gasteiger partial charge >= 0.3 is 5.97 Å². The van der Waals surface area contributed by atoms with Crippen molar-refractivity contribution >= 4 is 11.8 Å². The standard InChI is InChI=1S/C10H12O3/c1-2-3-6-10(9(12)13)7-4-5-8(10)11/h4-7H2,1H3,(H,12,13). The van der Waals surface area contributed by atoms with Crippen molar-refractivity contribution in [3.05, 3.63) is 0 Å². The highest BCUT2D eigenvalue weighted by Gasteiger charge is 2.48. The largest absolute Gasteiger partial charge is 0.480 e. The van der Waals surface area contributed by atoms with Gasteiger partial charge in [-0.15, -0.1) is 11.8 Å². The zero-order valence-corrected chi connectivity index (χ0v) is 7.59. The number of hydrogen-bond donors (Lipinski definition) is 1. The average molecular weight is 180 g/mol. The molecular weight excluding hydrogens is 168 g/mol. The molecule has 3 nitrogen and oxygen atoms in total. The Morgan fingerprint density at radius 1 is 1.69 bits per heavy atom. The second-order valence-corrected chi connectivity index (χ2v) is 3.27. The van der Waals surface area contributed by atoms with Crippen molar-refractivity contribution in [2.75, 3.05) is 0 Å². The molecule has 70 valence electrons. The van der Waals surface area contributed by atoms with Crippen LogP contribution in [0.2, 0.25) is 0 Å². The molecule has 0 radical (unpaired) electrons. The van der Waals surface area contributed by atoms with Crippen molar-refractivity contribution in [1.29, 1.82) is 0 Å². The van der Waals surface area contributed by atoms with Gasteiger partial charge in [0.05, 0.1) is 0 Å². The lowest BCUT2D eigenvalue weighted by Gasteiger charge is -2.18. The third-order valence-electron chi connectivity index (χ3n) is 2.52. The van der Waals surface area contributed by atoms with Crippen LogP contribution in [0.5, 0.6) is 0 Å². The van der Waals surface area contributed by atoms with Crippen LogP contribution in [0.3, 0.4) is 0 Å². The fourth-order valence-electron chi connectivity index (χ4n) is 1.66. The van der Waals surface area contributed by atoms with Crippen LogP contribution >= 0.6 is 0 Å². The molecule has 0 aromatic heterocycles. The normalized spacial score (nSPS) is 26.7. The van der Waals surface area contributed by atoms with Crippen LogP contribution in [-0.4, -0.2) is 16.9 Å². The topological polar surface area (TPSA) is 54.4 Å². The third kappa shape index (κ3) is 1.57. The monoisotopic (exact) mass is 180 g/mol. The molecular formula is C10H12O3. The molecule has 13 heavy (non-hydrogen) atoms. The molecule has 1 aliphatic carbocycles. The van der Waals surface area contributed by atoms with Crippen LogP contribution in [0.4, 0.5) is 0 Å². The summed E-state index contributed by atoms with van der Waals surface area (Å²) in [6.45, 7) is 1.65. The van der Waals surface area contributed by atoms with Gasteiger partial charge in [-0.2, -0.15) is 0 Å². The van der Waals surface area contributed by atoms with E-state index < -0.39 is 11.4 Å². The minimum absolute atomic E-state index is 0.164. The summed E-state index contributed by atoms with van der Waals surface area (Å²) in [4.78, 5) is 22.3. The summed E-state index contributed by atoms with van der Waals surface area (Å²) in [5.41, 5.74) is -1.19. The quantitative estimate of drug-likeness (QED) is 0.513. The smallest absolute Gasteiger partial charge is 0.318 e. The lowest BCUT2D eigenvalue weighted by molar-refractivity contribution is -0.152. The Hall–Kier alpha value is -1.30. The first-order valence-corrected chi connectivity index (χ1v) is 4.30. The Morgan fingerprint density at radius 2 is 2.38 bits per heavy atom. The van der Waals surface area contributed by atoms with Crippen LogP contribution in [0.15, 0.2) is 0 Å². The number of Topliss-reactive ketones (excluding diaryl/α,β-unsaturated/α-hetero) is 1. The summed E-state index contributed by atoms with van der Waals surface area (Å²) < 4.78 is 0. The summed E-state index contributed by atoms with van der Waals surface area (Å²) in [5, 5.41) is 8.97. The Labute approximate surface area is 77.1 Å². The molecule has 0 spiro atoms. The molecule has 1 atom stereocenters. The first-order valence-electron chi connectivity index (χ1n) is 4.30. The van der Waals surface area contributed by atoms with E-state index in [9.17, 15) is 9.59 Å². The fraction of sp³-hybridized carbons (Fsp3) is 0.600. The van der Waals surface area contributed by atoms with Crippen molar-refractivity contribution in [2.45, 2.75) is 32.6 Å². The fourth-order valence-corrected chi connectivity index (χ4v) is 1.66. The zero-order chi connectivity index (χ0) is 9.90. The molecule has 1 N–H and O–H groups in total. The maximum absolute atomic E-state index is 11.4. The van der Waals surface area contributed by atoms with E-state index in [4.69, 9.17) is 5.11 Å². The first-order chi connectivity index (χ1) is 6.13. The summed E-state index contributed by atoms with van der Waals surface area (Å²) in [5.74, 6) is 4.14. The van der Waals surface area contributed by atoms with Gasteiger partial charge in [0.2, 0.25) is 0 Å². The zero-order valence-electron chi connectivity index (χ0n) is 7.59. The lowest BCUT2D eigenvalue weighted by Crippen LogP contribution is -2.34. The molecule has 0 bridgehead atoms. The SMILES string of the molecule is CC#CCC1(C(=O)O)CCCC1=O. The van der Waals surface area contributed by atoms with Gasteiger partial charge in [-0.1, -0.05) is 0 Å². The molecule has 0 aromatic carbocycles. The molecule has 0 amide bonds. The minimum Gasteiger partial charge on any atom is -0.480 e. The Kier molecular flexibility index (Phi) is 2.72. The molecule has 3 heteroatoms. The molecule has 0 saturated heterocycles. The molecule has 0 aliphatic heterocycles. The number of carboxylic acids is 1. The molecule has 0 heterocycles. The maximum Gasteiger partial charge on any atom is 0.318 e. The number of ketones is 1. The van der Waals surface area contributed by atoms with E-state index in [0.717, 1.165) is 0 Å². The van der Waals surface area contributed by atoms with E-state index in [-0.39, 0.29) is 12.2 Å². The molecule has 1 saturated carbocycles. The Bertz CT molecular complexity index is 295. The van der Waals surface area contributed by atoms with Crippen LogP contribution < -0.4 is 0 Å². The van der Waals surface area contributed by atoms with E-state index in [1.807, 2.05) is 0 Å². The number of hydrogen-bond acceptors (Lipinski definition) is 2. The summed E-state index contributed by atoms with van der Waals surface area (Å²) in [7, 11) is 0. The van der Waals surface area contributed by atoms with Crippen molar-refractivity contribution in [3.63, 3.8) is 0 Å². The highest BCUT2D eigenvalue weighted by atomic mass is 16.4. The van der Waals surface area contributed by atoms with Crippen molar-refractivity contribution < 1.29 is 14.7 Å². The van der Waals surface area contributed by atoms with Gasteiger partial charge in [0.15, 0.2) is 5.78 Å². The van der Waals surface area contributed by atoms with Gasteiger partial charge in [-0.05, 0) is 19.8 Å². The number of carboxylic acid groups (broad SMARTS) is 1. The molecule has 1 rings (SSSR count). The first kappa shape index (κ1) is 9.79. The van der Waals surface area contributed by atoms with E-state index in [1.165, 1.54) is 0 Å². The summed E-state index contributed by atoms with van der Waals surface area (Å²) in [6.07, 6.45) is 1.67. The van der Waals surface area contributed by atoms with E-state index in [1.54, 1.807) is 6.92 Å². The van der Waals surface area contributed by atoms with Gasteiger partial charge in [0.1, 0.15) is 5.41 Å². The Morgan fingerprint density at radius 3 is 2.77 bits per heavy atom. The highest BCUT2D eigenvalue weighted by molar-refractivity contribution is 6.04. The second-order valence-electron chi connectivity index (χ2n) is 3.27. The van der Waals surface area contributed by atoms with E-state index in [2.05, 4.69) is 11.8 Å². The van der Waals surface area contributed by atoms with Gasteiger partial charge < -0.3 is 5.11 Å². The predicted molar refractivity (Wildman–Crippen MR) is 47.0 cm³/mol. The Balaban J connectivity index is 2.91. The van der Waals surface area contributed by atoms with Crippen LogP contribution in [0.25, 0.3) is 0 Å². The molecule has 1 unspecified atom stereocenters. The molecule has 1 aliphatic rings. The molecule has 0 aromatic rings. The van der Waals surface area contributed by atoms with Gasteiger partial charge in [0.25, 0.3) is 0 Å². The molecule has 1 fully saturated rings. The predicted octanol–water partition coefficient (Wildman–Crippen LogP) is 1.22. The van der Waals surface area contributed by atoms with E-state index in [0.29, 0.717) is 19.3 Å². The van der Waals surface area contributed by atoms with E-state index >= 15 is 0 Å². The van der Waals surface area contributed by atoms with Crippen molar-refractivity contribution in [3.8, 4) is 11.8 Å². The van der Waals surface area contributed by atoms with Crippen LogP contribution in [-0.2, 0) is 9.59 Å². The summed E-state index contributed by atoms with van der Waals surface area (Å²) in [6, 6.07) is 0. The third-order valence-corrected chi connectivity index (χ3v) is 2.52. The van der Waals surface area contributed by atoms with Gasteiger partial charge in [-0.25, -0.2) is 0 Å². The summed E-state index contributed by atoms with van der Waals surface area (Å²) >= 11 is 0. The highest BCUT2D eigenvalue weighted by Crippen LogP contribution is 2.37. The lowest BCUT2D eigenvalue weighted by atomic mass is 9.82. The number of carbonyl (C=O) groups is 2. The average Bonchev–Trinajstić information content (AvgIpc) is 2.45. The van der Waals surface area contributed by atoms with Crippen LogP contribution in [0.1, 0.15) is 32.6 Å². The number of aliphatic carboxylic acids is 1. The maximum atomic E-state index is 11.4. The number of carbonyl (C=O) groups excluding carboxylic acids is 1.